The second-order valence-corrected chi connectivity index (χ2v) is 13.9. The fourth-order valence-corrected chi connectivity index (χ4v) is 15.0. The van der Waals surface area contributed by atoms with Gasteiger partial charge in [0.1, 0.15) is 0 Å². The van der Waals surface area contributed by atoms with Gasteiger partial charge in [-0.15, -0.1) is 0 Å². The maximum absolute atomic E-state index is 5.68. The smallest absolute Gasteiger partial charge is 0.205 e. The van der Waals surface area contributed by atoms with Crippen LogP contribution in [0.4, 0.5) is 0 Å². The lowest BCUT2D eigenvalue weighted by molar-refractivity contribution is 1.61. The van der Waals surface area contributed by atoms with Crippen LogP contribution in [0.3, 0.4) is 0 Å². The molecule has 11 heteroatoms. The van der Waals surface area contributed by atoms with Crippen LogP contribution in [0.5, 0.6) is 0 Å². The van der Waals surface area contributed by atoms with Crippen molar-refractivity contribution in [1.29, 1.82) is 0 Å². The number of hydrogen-bond donors (Lipinski definition) is 1. The number of nitrogens with zero attached hydrogens (tertiary/aromatic N) is 2. The Morgan fingerprint density at radius 1 is 1.18 bits per heavy atom. The van der Waals surface area contributed by atoms with Crippen LogP contribution in [0.1, 0.15) is 0 Å². The first-order chi connectivity index (χ1) is 4.81. The third-order valence-electron chi connectivity index (χ3n) is 0.609. The molecular formula is HCl5N3P3. The Labute approximate surface area is 89.1 Å². The molecule has 0 spiro atoms. The number of rotatable bonds is 0. The lowest BCUT2D eigenvalue weighted by Crippen LogP contribution is -1.91. The van der Waals surface area contributed by atoms with Crippen molar-refractivity contribution < 1.29 is 0 Å². The number of hydrogen-bond acceptors (Lipinski definition) is 3. The molecule has 0 aromatic rings. The Morgan fingerprint density at radius 3 is 2.09 bits per heavy atom. The largest absolute Gasteiger partial charge is 0.256 e. The Balaban J connectivity index is 3.10. The highest BCUT2D eigenvalue weighted by atomic mass is 35.9. The van der Waals surface area contributed by atoms with Crippen LogP contribution in [-0.4, -0.2) is 0 Å². The molecule has 3 nitrogen and oxygen atoms in total. The first-order valence-corrected chi connectivity index (χ1v) is 11.3. The van der Waals surface area contributed by atoms with E-state index in [4.69, 9.17) is 56.2 Å². The summed E-state index contributed by atoms with van der Waals surface area (Å²) in [6.45, 7) is 0. The van der Waals surface area contributed by atoms with Gasteiger partial charge in [0.05, 0.1) is 0 Å². The van der Waals surface area contributed by atoms with Crippen molar-refractivity contribution >= 4 is 75.6 Å². The highest BCUT2D eigenvalue weighted by molar-refractivity contribution is 8.22. The van der Waals surface area contributed by atoms with E-state index < -0.39 is 19.4 Å². The summed E-state index contributed by atoms with van der Waals surface area (Å²) >= 11 is 28.3. The van der Waals surface area contributed by atoms with Crippen LogP contribution in [-0.2, 0) is 0 Å². The van der Waals surface area contributed by atoms with Crippen LogP contribution in [0.2, 0.25) is 0 Å². The zero-order chi connectivity index (χ0) is 8.70. The Morgan fingerprint density at radius 2 is 1.73 bits per heavy atom. The van der Waals surface area contributed by atoms with Gasteiger partial charge < -0.3 is 0 Å². The van der Waals surface area contributed by atoms with E-state index in [1.807, 2.05) is 0 Å². The van der Waals surface area contributed by atoms with Crippen molar-refractivity contribution in [2.24, 2.45) is 9.03 Å². The van der Waals surface area contributed by atoms with Crippen LogP contribution >= 0.6 is 75.6 Å². The molecule has 1 rings (SSSR count). The molecule has 0 saturated heterocycles. The first-order valence-electron chi connectivity index (χ1n) is 2.09. The maximum Gasteiger partial charge on any atom is 0.256 e. The quantitative estimate of drug-likeness (QED) is 0.555. The second kappa shape index (κ2) is 3.81. The molecule has 1 atom stereocenters. The molecule has 0 fully saturated rings. The van der Waals surface area contributed by atoms with E-state index in [-0.39, 0.29) is 0 Å². The van der Waals surface area contributed by atoms with Crippen LogP contribution in [0.15, 0.2) is 9.03 Å². The molecule has 1 aliphatic heterocycles. The molecule has 0 aromatic carbocycles. The Hall–Kier alpha value is 2.30. The topological polar surface area (TPSA) is 36.8 Å². The van der Waals surface area contributed by atoms with Gasteiger partial charge in [-0.1, -0.05) is 11.2 Å². The molecule has 0 radical (unpaired) electrons. The zero-order valence-corrected chi connectivity index (χ0v) is 11.1. The van der Waals surface area contributed by atoms with E-state index in [0.717, 1.165) is 0 Å². The van der Waals surface area contributed by atoms with Crippen molar-refractivity contribution in [3.05, 3.63) is 0 Å². The molecule has 1 heterocycles. The summed E-state index contributed by atoms with van der Waals surface area (Å²) in [5.41, 5.74) is 0. The third-order valence-corrected chi connectivity index (χ3v) is 11.8. The average Bonchev–Trinajstić information content (AvgIpc) is 1.49. The molecule has 0 aromatic heterocycles. The second-order valence-electron chi connectivity index (χ2n) is 1.48. The van der Waals surface area contributed by atoms with E-state index in [1.54, 1.807) is 0 Å². The molecular weight excluding hydrogens is 312 g/mol. The standard InChI is InChI=1S/Cl5HN3P3/c1-9-6-10(2,3)8-11(4,5)7-9/h6H. The van der Waals surface area contributed by atoms with Gasteiger partial charge in [0.25, 0.3) is 5.91 Å². The van der Waals surface area contributed by atoms with Gasteiger partial charge >= 0.3 is 0 Å². The van der Waals surface area contributed by atoms with E-state index in [9.17, 15) is 0 Å². The van der Waals surface area contributed by atoms with E-state index in [0.29, 0.717) is 0 Å². The predicted octanol–water partition coefficient (Wildman–Crippen LogP) is 5.90. The Kier molecular flexibility index (Phi) is 3.94. The molecule has 1 N–H and O–H groups in total. The van der Waals surface area contributed by atoms with Gasteiger partial charge in [0, 0.05) is 0 Å². The predicted molar refractivity (Wildman–Crippen MR) is 58.0 cm³/mol. The van der Waals surface area contributed by atoms with Gasteiger partial charge in [-0.25, -0.2) is 4.86 Å². The highest BCUT2D eigenvalue weighted by Gasteiger charge is 2.28. The average molecular weight is 313 g/mol. The van der Waals surface area contributed by atoms with Crippen molar-refractivity contribution in [3.8, 4) is 0 Å². The molecule has 1 unspecified atom stereocenters. The summed E-state index contributed by atoms with van der Waals surface area (Å²) in [7, 11) is -1.34. The first kappa shape index (κ1) is 11.4. The van der Waals surface area contributed by atoms with Gasteiger partial charge in [0.2, 0.25) is 5.91 Å². The lowest BCUT2D eigenvalue weighted by Gasteiger charge is -2.20. The van der Waals surface area contributed by atoms with Crippen LogP contribution < -0.4 is 4.86 Å². The van der Waals surface area contributed by atoms with Gasteiger partial charge in [-0.2, -0.15) is 9.03 Å². The van der Waals surface area contributed by atoms with Crippen LogP contribution in [0.25, 0.3) is 0 Å². The van der Waals surface area contributed by atoms with Gasteiger partial charge in [-0.05, 0) is 45.0 Å². The summed E-state index contributed by atoms with van der Waals surface area (Å²) in [4.78, 5) is 2.61. The molecule has 11 heavy (non-hydrogen) atoms. The van der Waals surface area contributed by atoms with Gasteiger partial charge in [0.15, 0.2) is 7.58 Å². The molecule has 1 aliphatic rings. The summed E-state index contributed by atoms with van der Waals surface area (Å²) in [5.74, 6) is -5.31. The summed E-state index contributed by atoms with van der Waals surface area (Å²) in [5, 5.41) is 0. The molecule has 0 saturated carbocycles. The maximum atomic E-state index is 5.68. The molecule has 0 aliphatic carbocycles. The summed E-state index contributed by atoms with van der Waals surface area (Å²) in [6, 6.07) is 0. The molecule has 66 valence electrons. The van der Waals surface area contributed by atoms with Crippen molar-refractivity contribution in [2.45, 2.75) is 0 Å². The molecule has 0 bridgehead atoms. The van der Waals surface area contributed by atoms with Gasteiger partial charge in [-0.3, -0.25) is 0 Å². The van der Waals surface area contributed by atoms with E-state index >= 15 is 0 Å². The minimum absolute atomic E-state index is 1.34. The fourth-order valence-electron chi connectivity index (χ4n) is 0.387. The van der Waals surface area contributed by atoms with Crippen molar-refractivity contribution in [1.82, 2.24) is 4.86 Å². The summed E-state index contributed by atoms with van der Waals surface area (Å²) < 4.78 is 7.50. The van der Waals surface area contributed by atoms with Crippen molar-refractivity contribution in [3.63, 3.8) is 0 Å². The van der Waals surface area contributed by atoms with E-state index in [2.05, 4.69) is 13.9 Å². The number of nitrogens with one attached hydrogen (secondary N) is 1. The highest BCUT2D eigenvalue weighted by Crippen LogP contribution is 2.81. The SMILES string of the molecule is ClP1N=P(Cl)(Cl)N=P(Cl)(Cl)N1. The minimum atomic E-state index is -2.70. The monoisotopic (exact) mass is 311 g/mol. The lowest BCUT2D eigenvalue weighted by atomic mass is 13.8. The van der Waals surface area contributed by atoms with Crippen LogP contribution in [0, 0.1) is 0 Å². The fraction of sp³-hybridized carbons (Fsp3) is 0. The normalized spacial score (nSPS) is 33.7. The number of halogens is 5. The molecule has 0 amide bonds. The Bertz CT molecular complexity index is 258. The summed E-state index contributed by atoms with van der Waals surface area (Å²) in [6.07, 6.45) is 0. The van der Waals surface area contributed by atoms with E-state index in [1.165, 1.54) is 0 Å². The minimum Gasteiger partial charge on any atom is -0.205 e. The third kappa shape index (κ3) is 3.90. The zero-order valence-electron chi connectivity index (χ0n) is 4.63. The van der Waals surface area contributed by atoms with Crippen molar-refractivity contribution in [2.75, 3.05) is 0 Å².